The molecular formula is C18H20FNO4S. The SMILES string of the molecule is COc1ccc([C@@H]2CCCN2S(=O)(=O)c2ccc(F)cc2)c(OC)c1. The second-order valence-corrected chi connectivity index (χ2v) is 7.73. The summed E-state index contributed by atoms with van der Waals surface area (Å²) >= 11 is 0. The number of rotatable bonds is 5. The Morgan fingerprint density at radius 1 is 1.08 bits per heavy atom. The monoisotopic (exact) mass is 365 g/mol. The number of benzene rings is 2. The first kappa shape index (κ1) is 17.7. The van der Waals surface area contributed by atoms with Gasteiger partial charge in [0.2, 0.25) is 10.0 Å². The van der Waals surface area contributed by atoms with Crippen molar-refractivity contribution in [2.75, 3.05) is 20.8 Å². The summed E-state index contributed by atoms with van der Waals surface area (Å²) in [5, 5.41) is 0. The van der Waals surface area contributed by atoms with Crippen LogP contribution < -0.4 is 9.47 Å². The van der Waals surface area contributed by atoms with Gasteiger partial charge in [-0.3, -0.25) is 0 Å². The van der Waals surface area contributed by atoms with Crippen molar-refractivity contribution < 1.29 is 22.3 Å². The molecule has 0 aliphatic carbocycles. The fourth-order valence-corrected chi connectivity index (χ4v) is 4.85. The third-order valence-corrected chi connectivity index (χ3v) is 6.35. The molecule has 1 fully saturated rings. The summed E-state index contributed by atoms with van der Waals surface area (Å²) in [6.45, 7) is 0.416. The highest BCUT2D eigenvalue weighted by Crippen LogP contribution is 2.41. The van der Waals surface area contributed by atoms with Gasteiger partial charge in [-0.1, -0.05) is 6.07 Å². The maximum absolute atomic E-state index is 13.1. The van der Waals surface area contributed by atoms with Crippen molar-refractivity contribution in [2.24, 2.45) is 0 Å². The summed E-state index contributed by atoms with van der Waals surface area (Å²) in [6.07, 6.45) is 1.45. The van der Waals surface area contributed by atoms with Crippen LogP contribution in [0.3, 0.4) is 0 Å². The second kappa shape index (κ2) is 7.01. The van der Waals surface area contributed by atoms with Crippen LogP contribution in [0.1, 0.15) is 24.4 Å². The Labute approximate surface area is 147 Å². The Kier molecular flexibility index (Phi) is 4.96. The maximum Gasteiger partial charge on any atom is 0.243 e. The van der Waals surface area contributed by atoms with E-state index in [-0.39, 0.29) is 10.9 Å². The van der Waals surface area contributed by atoms with Crippen LogP contribution in [0.15, 0.2) is 47.4 Å². The molecule has 2 aromatic carbocycles. The van der Waals surface area contributed by atoms with Gasteiger partial charge in [-0.25, -0.2) is 12.8 Å². The summed E-state index contributed by atoms with van der Waals surface area (Å²) in [5.74, 6) is 0.769. The first-order valence-corrected chi connectivity index (χ1v) is 9.40. The number of ether oxygens (including phenoxy) is 2. The zero-order valence-electron chi connectivity index (χ0n) is 14.1. The number of hydrogen-bond donors (Lipinski definition) is 0. The smallest absolute Gasteiger partial charge is 0.243 e. The van der Waals surface area contributed by atoms with Gasteiger partial charge in [-0.2, -0.15) is 4.31 Å². The highest BCUT2D eigenvalue weighted by Gasteiger charge is 2.37. The van der Waals surface area contributed by atoms with Gasteiger partial charge in [0.25, 0.3) is 0 Å². The lowest BCUT2D eigenvalue weighted by Gasteiger charge is -2.26. The van der Waals surface area contributed by atoms with Gasteiger partial charge in [0.15, 0.2) is 0 Å². The third-order valence-electron chi connectivity index (χ3n) is 4.42. The summed E-state index contributed by atoms with van der Waals surface area (Å²) in [4.78, 5) is 0.0910. The molecule has 1 atom stereocenters. The largest absolute Gasteiger partial charge is 0.497 e. The molecule has 0 spiro atoms. The fourth-order valence-electron chi connectivity index (χ4n) is 3.17. The van der Waals surface area contributed by atoms with E-state index in [4.69, 9.17) is 9.47 Å². The van der Waals surface area contributed by atoms with E-state index in [1.54, 1.807) is 26.4 Å². The molecule has 1 aliphatic heterocycles. The molecule has 0 unspecified atom stereocenters. The highest BCUT2D eigenvalue weighted by molar-refractivity contribution is 7.89. The molecule has 0 radical (unpaired) electrons. The summed E-state index contributed by atoms with van der Waals surface area (Å²) in [6, 6.07) is 9.96. The summed E-state index contributed by atoms with van der Waals surface area (Å²) < 4.78 is 51.2. The van der Waals surface area contributed by atoms with Gasteiger partial charge in [0.05, 0.1) is 25.2 Å². The molecule has 134 valence electrons. The number of sulfonamides is 1. The quantitative estimate of drug-likeness (QED) is 0.815. The lowest BCUT2D eigenvalue weighted by molar-refractivity contribution is 0.361. The van der Waals surface area contributed by atoms with Crippen molar-refractivity contribution in [1.82, 2.24) is 4.31 Å². The molecule has 7 heteroatoms. The molecular weight excluding hydrogens is 345 g/mol. The molecule has 0 aromatic heterocycles. The molecule has 25 heavy (non-hydrogen) atoms. The summed E-state index contributed by atoms with van der Waals surface area (Å²) in [5.41, 5.74) is 0.798. The molecule has 0 bridgehead atoms. The fraction of sp³-hybridized carbons (Fsp3) is 0.333. The lowest BCUT2D eigenvalue weighted by atomic mass is 10.0. The molecule has 5 nitrogen and oxygen atoms in total. The van der Waals surface area contributed by atoms with Crippen molar-refractivity contribution in [1.29, 1.82) is 0 Å². The normalized spacial score (nSPS) is 18.3. The molecule has 0 N–H and O–H groups in total. The van der Waals surface area contributed by atoms with E-state index in [2.05, 4.69) is 0 Å². The number of halogens is 1. The molecule has 0 saturated carbocycles. The van der Waals surface area contributed by atoms with E-state index in [1.807, 2.05) is 6.07 Å². The predicted molar refractivity (Wildman–Crippen MR) is 91.8 cm³/mol. The Hall–Kier alpha value is -2.12. The predicted octanol–water partition coefficient (Wildman–Crippen LogP) is 3.37. The van der Waals surface area contributed by atoms with Crippen LogP contribution in [0.25, 0.3) is 0 Å². The van der Waals surface area contributed by atoms with E-state index in [9.17, 15) is 12.8 Å². The topological polar surface area (TPSA) is 55.8 Å². The first-order valence-electron chi connectivity index (χ1n) is 7.96. The van der Waals surface area contributed by atoms with Crippen LogP contribution in [0, 0.1) is 5.82 Å². The first-order chi connectivity index (χ1) is 12.0. The van der Waals surface area contributed by atoms with Crippen LogP contribution in [0.5, 0.6) is 11.5 Å². The Morgan fingerprint density at radius 3 is 2.44 bits per heavy atom. The Balaban J connectivity index is 1.99. The van der Waals surface area contributed by atoms with Crippen molar-refractivity contribution in [3.63, 3.8) is 0 Å². The maximum atomic E-state index is 13.1. The number of hydrogen-bond acceptors (Lipinski definition) is 4. The average Bonchev–Trinajstić information content (AvgIpc) is 3.12. The zero-order valence-corrected chi connectivity index (χ0v) is 14.9. The average molecular weight is 365 g/mol. The van der Waals surface area contributed by atoms with Crippen molar-refractivity contribution in [2.45, 2.75) is 23.8 Å². The molecule has 2 aromatic rings. The third kappa shape index (κ3) is 3.34. The second-order valence-electron chi connectivity index (χ2n) is 5.84. The van der Waals surface area contributed by atoms with Crippen LogP contribution in [-0.2, 0) is 10.0 Å². The van der Waals surface area contributed by atoms with E-state index >= 15 is 0 Å². The standard InChI is InChI=1S/C18H20FNO4S/c1-23-14-7-10-16(18(12-14)24-2)17-4-3-11-20(17)25(21,22)15-8-5-13(19)6-9-15/h5-10,12,17H,3-4,11H2,1-2H3/t17-/m0/s1. The molecule has 0 amide bonds. The molecule has 3 rings (SSSR count). The van der Waals surface area contributed by atoms with Crippen molar-refractivity contribution in [3.8, 4) is 11.5 Å². The van der Waals surface area contributed by atoms with E-state index < -0.39 is 15.8 Å². The number of nitrogens with zero attached hydrogens (tertiary/aromatic N) is 1. The van der Waals surface area contributed by atoms with Crippen LogP contribution >= 0.6 is 0 Å². The van der Waals surface area contributed by atoms with Gasteiger partial charge in [-0.05, 0) is 43.2 Å². The van der Waals surface area contributed by atoms with Crippen LogP contribution in [0.2, 0.25) is 0 Å². The summed E-state index contributed by atoms with van der Waals surface area (Å²) in [7, 11) is -0.601. The Morgan fingerprint density at radius 2 is 1.80 bits per heavy atom. The van der Waals surface area contributed by atoms with Gasteiger partial charge in [0.1, 0.15) is 17.3 Å². The number of methoxy groups -OCH3 is 2. The molecule has 1 saturated heterocycles. The lowest BCUT2D eigenvalue weighted by Crippen LogP contribution is -2.30. The van der Waals surface area contributed by atoms with Crippen LogP contribution in [-0.4, -0.2) is 33.5 Å². The Bertz CT molecular complexity index is 852. The minimum atomic E-state index is -3.71. The van der Waals surface area contributed by atoms with Crippen LogP contribution in [0.4, 0.5) is 4.39 Å². The van der Waals surface area contributed by atoms with E-state index in [1.165, 1.54) is 16.4 Å². The van der Waals surface area contributed by atoms with Crippen molar-refractivity contribution in [3.05, 3.63) is 53.8 Å². The van der Waals surface area contributed by atoms with Crippen molar-refractivity contribution >= 4 is 10.0 Å². The van der Waals surface area contributed by atoms with Gasteiger partial charge in [-0.15, -0.1) is 0 Å². The highest BCUT2D eigenvalue weighted by atomic mass is 32.2. The molecule has 1 aliphatic rings. The van der Waals surface area contributed by atoms with Gasteiger partial charge < -0.3 is 9.47 Å². The van der Waals surface area contributed by atoms with Gasteiger partial charge in [0, 0.05) is 18.2 Å². The zero-order chi connectivity index (χ0) is 18.0. The van der Waals surface area contributed by atoms with E-state index in [0.29, 0.717) is 24.5 Å². The van der Waals surface area contributed by atoms with Gasteiger partial charge >= 0.3 is 0 Å². The minimum absolute atomic E-state index is 0.0910. The minimum Gasteiger partial charge on any atom is -0.497 e. The molecule has 1 heterocycles. The van der Waals surface area contributed by atoms with E-state index in [0.717, 1.165) is 24.1 Å².